The van der Waals surface area contributed by atoms with Gasteiger partial charge < -0.3 is 10.3 Å². The summed E-state index contributed by atoms with van der Waals surface area (Å²) in [6, 6.07) is 11.8. The number of nitrogens with one attached hydrogen (secondary N) is 2. The van der Waals surface area contributed by atoms with E-state index in [1.54, 1.807) is 6.07 Å². The number of amides is 1. The number of hydrogen-bond acceptors (Lipinski definition) is 2. The van der Waals surface area contributed by atoms with Crippen molar-refractivity contribution in [2.45, 2.75) is 46.1 Å². The maximum absolute atomic E-state index is 12.5. The number of hydrogen-bond donors (Lipinski definition) is 2. The quantitative estimate of drug-likeness (QED) is 0.705. The van der Waals surface area contributed by atoms with Gasteiger partial charge in [-0.3, -0.25) is 9.59 Å². The highest BCUT2D eigenvalue weighted by atomic mass is 16.2. The van der Waals surface area contributed by atoms with Crippen LogP contribution in [0.4, 0.5) is 0 Å². The SMILES string of the molecule is CC.CCc1ccc2c(c1)c(=O)[nH]c1c(C(=O)NC3CC3)cccc12. The van der Waals surface area contributed by atoms with Crippen molar-refractivity contribution in [3.8, 4) is 0 Å². The van der Waals surface area contributed by atoms with Gasteiger partial charge in [0.15, 0.2) is 0 Å². The first-order valence-electron chi connectivity index (χ1n) is 9.06. The van der Waals surface area contributed by atoms with Gasteiger partial charge in [0.05, 0.1) is 11.1 Å². The topological polar surface area (TPSA) is 62.0 Å². The molecule has 130 valence electrons. The van der Waals surface area contributed by atoms with Gasteiger partial charge in [0.25, 0.3) is 11.5 Å². The van der Waals surface area contributed by atoms with Crippen LogP contribution in [0.3, 0.4) is 0 Å². The molecule has 1 aliphatic carbocycles. The van der Waals surface area contributed by atoms with Crippen molar-refractivity contribution in [3.05, 3.63) is 57.9 Å². The molecule has 0 unspecified atom stereocenters. The fourth-order valence-corrected chi connectivity index (χ4v) is 3.01. The van der Waals surface area contributed by atoms with E-state index in [1.807, 2.05) is 44.2 Å². The van der Waals surface area contributed by atoms with Crippen LogP contribution in [0.25, 0.3) is 21.7 Å². The van der Waals surface area contributed by atoms with Crippen molar-refractivity contribution in [2.75, 3.05) is 0 Å². The largest absolute Gasteiger partial charge is 0.349 e. The van der Waals surface area contributed by atoms with Crippen LogP contribution in [0.5, 0.6) is 0 Å². The molecule has 25 heavy (non-hydrogen) atoms. The van der Waals surface area contributed by atoms with Gasteiger partial charge in [-0.2, -0.15) is 0 Å². The smallest absolute Gasteiger partial charge is 0.256 e. The van der Waals surface area contributed by atoms with Crippen LogP contribution in [-0.2, 0) is 6.42 Å². The van der Waals surface area contributed by atoms with Gasteiger partial charge in [-0.25, -0.2) is 0 Å². The highest BCUT2D eigenvalue weighted by molar-refractivity contribution is 6.13. The zero-order valence-electron chi connectivity index (χ0n) is 15.0. The lowest BCUT2D eigenvalue weighted by molar-refractivity contribution is 0.0952. The van der Waals surface area contributed by atoms with Gasteiger partial charge in [-0.05, 0) is 42.3 Å². The van der Waals surface area contributed by atoms with Crippen molar-refractivity contribution in [1.29, 1.82) is 0 Å². The number of carbonyl (C=O) groups is 1. The van der Waals surface area contributed by atoms with E-state index in [-0.39, 0.29) is 17.5 Å². The summed E-state index contributed by atoms with van der Waals surface area (Å²) in [4.78, 5) is 27.8. The van der Waals surface area contributed by atoms with E-state index in [2.05, 4.69) is 17.2 Å². The molecule has 1 aliphatic rings. The summed E-state index contributed by atoms with van der Waals surface area (Å²) in [6.07, 6.45) is 2.96. The second kappa shape index (κ2) is 7.09. The number of para-hydroxylation sites is 1. The summed E-state index contributed by atoms with van der Waals surface area (Å²) in [5.74, 6) is -0.113. The van der Waals surface area contributed by atoms with Crippen LogP contribution < -0.4 is 10.9 Å². The Hall–Kier alpha value is -2.62. The van der Waals surface area contributed by atoms with Crippen molar-refractivity contribution in [2.24, 2.45) is 0 Å². The maximum atomic E-state index is 12.5. The predicted octanol–water partition coefficient (Wildman–Crippen LogP) is 4.16. The Bertz CT molecular complexity index is 984. The van der Waals surface area contributed by atoms with Gasteiger partial charge in [0.1, 0.15) is 0 Å². The Balaban J connectivity index is 0.000000880. The van der Waals surface area contributed by atoms with Gasteiger partial charge >= 0.3 is 0 Å². The number of H-pyrrole nitrogens is 1. The highest BCUT2D eigenvalue weighted by Crippen LogP contribution is 2.26. The molecule has 0 radical (unpaired) electrons. The lowest BCUT2D eigenvalue weighted by Crippen LogP contribution is -2.26. The zero-order chi connectivity index (χ0) is 18.0. The van der Waals surface area contributed by atoms with Crippen molar-refractivity contribution < 1.29 is 4.79 Å². The molecule has 3 aromatic rings. The Kier molecular flexibility index (Phi) is 4.88. The summed E-state index contributed by atoms with van der Waals surface area (Å²) in [6.45, 7) is 6.07. The number of aromatic amines is 1. The lowest BCUT2D eigenvalue weighted by atomic mass is 10.0. The zero-order valence-corrected chi connectivity index (χ0v) is 15.0. The molecule has 4 rings (SSSR count). The Morgan fingerprint density at radius 1 is 1.12 bits per heavy atom. The average molecular weight is 336 g/mol. The van der Waals surface area contributed by atoms with E-state index < -0.39 is 0 Å². The molecule has 1 saturated carbocycles. The minimum absolute atomic E-state index is 0.113. The van der Waals surface area contributed by atoms with E-state index >= 15 is 0 Å². The first-order valence-corrected chi connectivity index (χ1v) is 9.06. The molecule has 0 bridgehead atoms. The molecule has 1 aromatic heterocycles. The lowest BCUT2D eigenvalue weighted by Gasteiger charge is -2.10. The number of rotatable bonds is 3. The molecular formula is C21H24N2O2. The predicted molar refractivity (Wildman–Crippen MR) is 103 cm³/mol. The second-order valence-electron chi connectivity index (χ2n) is 6.16. The van der Waals surface area contributed by atoms with E-state index in [9.17, 15) is 9.59 Å². The van der Waals surface area contributed by atoms with Crippen LogP contribution in [0.1, 0.15) is 49.5 Å². The van der Waals surface area contributed by atoms with Crippen LogP contribution in [0.2, 0.25) is 0 Å². The van der Waals surface area contributed by atoms with Gasteiger partial charge in [0.2, 0.25) is 0 Å². The maximum Gasteiger partial charge on any atom is 0.256 e. The molecule has 4 heteroatoms. The van der Waals surface area contributed by atoms with E-state index in [0.29, 0.717) is 16.5 Å². The molecule has 0 atom stereocenters. The molecule has 1 fully saturated rings. The number of aromatic nitrogens is 1. The van der Waals surface area contributed by atoms with Crippen molar-refractivity contribution in [1.82, 2.24) is 10.3 Å². The highest BCUT2D eigenvalue weighted by Gasteiger charge is 2.24. The normalized spacial score (nSPS) is 13.4. The summed E-state index contributed by atoms with van der Waals surface area (Å²) in [5.41, 5.74) is 2.14. The van der Waals surface area contributed by atoms with E-state index in [0.717, 1.165) is 35.6 Å². The fourth-order valence-electron chi connectivity index (χ4n) is 3.01. The Labute approximate surface area is 147 Å². The van der Waals surface area contributed by atoms with Gasteiger partial charge in [-0.15, -0.1) is 0 Å². The molecule has 0 aliphatic heterocycles. The standard InChI is InChI=1S/C19H18N2O2.C2H6/c1-2-11-6-9-13-14-4-3-5-15(18(22)20-12-7-8-12)17(14)21-19(23)16(13)10-11;1-2/h3-6,9-10,12H,2,7-8H2,1H3,(H,20,22)(H,21,23);1-2H3. The number of carbonyl (C=O) groups excluding carboxylic acids is 1. The van der Waals surface area contributed by atoms with Crippen LogP contribution in [-0.4, -0.2) is 16.9 Å². The summed E-state index contributed by atoms with van der Waals surface area (Å²) in [5, 5.41) is 5.46. The molecule has 1 heterocycles. The molecule has 0 spiro atoms. The van der Waals surface area contributed by atoms with E-state index in [4.69, 9.17) is 0 Å². The molecule has 1 amide bonds. The average Bonchev–Trinajstić information content (AvgIpc) is 3.46. The van der Waals surface area contributed by atoms with E-state index in [1.165, 1.54) is 0 Å². The van der Waals surface area contributed by atoms with Gasteiger partial charge in [-0.1, -0.05) is 45.0 Å². The molecule has 4 nitrogen and oxygen atoms in total. The first kappa shape index (κ1) is 17.2. The summed E-state index contributed by atoms with van der Waals surface area (Å²) in [7, 11) is 0. The third-order valence-electron chi connectivity index (χ3n) is 4.49. The fraction of sp³-hybridized carbons (Fsp3) is 0.333. The third-order valence-corrected chi connectivity index (χ3v) is 4.49. The second-order valence-corrected chi connectivity index (χ2v) is 6.16. The molecule has 2 N–H and O–H groups in total. The van der Waals surface area contributed by atoms with Gasteiger partial charge in [0, 0.05) is 16.8 Å². The number of pyridine rings is 1. The third kappa shape index (κ3) is 3.29. The number of benzene rings is 2. The van der Waals surface area contributed by atoms with Crippen LogP contribution >= 0.6 is 0 Å². The van der Waals surface area contributed by atoms with Crippen LogP contribution in [0.15, 0.2) is 41.2 Å². The molecular weight excluding hydrogens is 312 g/mol. The summed E-state index contributed by atoms with van der Waals surface area (Å²) < 4.78 is 0. The van der Waals surface area contributed by atoms with Crippen molar-refractivity contribution >= 4 is 27.6 Å². The molecule has 2 aromatic carbocycles. The van der Waals surface area contributed by atoms with Crippen LogP contribution in [0, 0.1) is 0 Å². The Morgan fingerprint density at radius 3 is 2.56 bits per heavy atom. The number of fused-ring (bicyclic) bond motifs is 3. The van der Waals surface area contributed by atoms with Crippen molar-refractivity contribution in [3.63, 3.8) is 0 Å². The summed E-state index contributed by atoms with van der Waals surface area (Å²) >= 11 is 0. The minimum atomic E-state index is -0.144. The monoisotopic (exact) mass is 336 g/mol. The number of aryl methyl sites for hydroxylation is 1. The minimum Gasteiger partial charge on any atom is -0.349 e. The molecule has 0 saturated heterocycles. The Morgan fingerprint density at radius 2 is 1.88 bits per heavy atom. The first-order chi connectivity index (χ1) is 12.2.